The van der Waals surface area contributed by atoms with Gasteiger partial charge in [0, 0.05) is 11.8 Å². The van der Waals surface area contributed by atoms with Crippen LogP contribution in [0.2, 0.25) is 0 Å². The number of aliphatic hydroxyl groups is 1. The van der Waals surface area contributed by atoms with Crippen molar-refractivity contribution in [1.29, 1.82) is 0 Å². The summed E-state index contributed by atoms with van der Waals surface area (Å²) in [5, 5.41) is 21.0. The smallest absolute Gasteiger partial charge is 0.124 e. The summed E-state index contributed by atoms with van der Waals surface area (Å²) >= 11 is 0. The van der Waals surface area contributed by atoms with Crippen molar-refractivity contribution in [3.63, 3.8) is 0 Å². The molecule has 1 atom stereocenters. The van der Waals surface area contributed by atoms with Crippen LogP contribution < -0.4 is 0 Å². The third-order valence-electron chi connectivity index (χ3n) is 2.54. The number of hydrogen-bond donors (Lipinski definition) is 2. The predicted molar refractivity (Wildman–Crippen MR) is 69.8 cm³/mol. The molecule has 3 heteroatoms. The Bertz CT molecular complexity index is 547. The molecule has 88 valence electrons. The van der Waals surface area contributed by atoms with Crippen LogP contribution in [0.5, 0.6) is 5.75 Å². The zero-order valence-electron chi connectivity index (χ0n) is 9.67. The van der Waals surface area contributed by atoms with Crippen molar-refractivity contribution < 1.29 is 10.2 Å². The third-order valence-corrected chi connectivity index (χ3v) is 2.54. The summed E-state index contributed by atoms with van der Waals surface area (Å²) in [6.07, 6.45) is 1.15. The highest BCUT2D eigenvalue weighted by molar-refractivity contribution is 6.02. The number of rotatable bonds is 3. The molecule has 2 rings (SSSR count). The second-order valence-corrected chi connectivity index (χ2v) is 4.06. The van der Waals surface area contributed by atoms with E-state index in [1.807, 2.05) is 30.3 Å². The van der Waals surface area contributed by atoms with Gasteiger partial charge in [-0.15, -0.1) is 0 Å². The fraction of sp³-hybridized carbons (Fsp3) is 0.214. The first-order valence-corrected chi connectivity index (χ1v) is 5.57. The summed E-state index contributed by atoms with van der Waals surface area (Å²) in [5.74, 6) is 0.207. The number of benzene rings is 2. The maximum Gasteiger partial charge on any atom is 0.124 e. The molecule has 0 saturated carbocycles. The monoisotopic (exact) mass is 229 g/mol. The first-order valence-electron chi connectivity index (χ1n) is 5.57. The SMILES string of the molecule is CC(O)CN=Cc1c(O)ccc2ccccc12. The standard InChI is InChI=1S/C14H15NO2/c1-10(16)8-15-9-13-12-5-3-2-4-11(12)6-7-14(13)17/h2-7,9-10,16-17H,8H2,1H3. The molecule has 2 aromatic rings. The number of aliphatic imine (C=N–C) groups is 1. The van der Waals surface area contributed by atoms with Crippen molar-refractivity contribution in [3.8, 4) is 5.75 Å². The van der Waals surface area contributed by atoms with E-state index >= 15 is 0 Å². The highest BCUT2D eigenvalue weighted by atomic mass is 16.3. The zero-order chi connectivity index (χ0) is 12.3. The molecule has 17 heavy (non-hydrogen) atoms. The summed E-state index contributed by atoms with van der Waals surface area (Å²) in [4.78, 5) is 4.12. The lowest BCUT2D eigenvalue weighted by Gasteiger charge is -2.05. The molecule has 0 heterocycles. The number of fused-ring (bicyclic) bond motifs is 1. The van der Waals surface area contributed by atoms with Gasteiger partial charge in [0.1, 0.15) is 5.75 Å². The van der Waals surface area contributed by atoms with Gasteiger partial charge < -0.3 is 10.2 Å². The lowest BCUT2D eigenvalue weighted by atomic mass is 10.0. The minimum absolute atomic E-state index is 0.207. The molecule has 0 aliphatic carbocycles. The van der Waals surface area contributed by atoms with Gasteiger partial charge >= 0.3 is 0 Å². The summed E-state index contributed by atoms with van der Waals surface area (Å²) in [7, 11) is 0. The molecule has 2 N–H and O–H groups in total. The normalized spacial score (nSPS) is 13.3. The van der Waals surface area contributed by atoms with E-state index < -0.39 is 6.10 Å². The Balaban J connectivity index is 2.44. The minimum Gasteiger partial charge on any atom is -0.507 e. The topological polar surface area (TPSA) is 52.8 Å². The molecule has 0 aliphatic heterocycles. The fourth-order valence-electron chi connectivity index (χ4n) is 1.72. The minimum atomic E-state index is -0.469. The lowest BCUT2D eigenvalue weighted by molar-refractivity contribution is 0.204. The van der Waals surface area contributed by atoms with Crippen molar-refractivity contribution in [2.75, 3.05) is 6.54 Å². The average Bonchev–Trinajstić information content (AvgIpc) is 2.32. The molecule has 1 unspecified atom stereocenters. The summed E-state index contributed by atoms with van der Waals surface area (Å²) < 4.78 is 0. The maximum absolute atomic E-state index is 9.82. The second kappa shape index (κ2) is 4.97. The van der Waals surface area contributed by atoms with E-state index in [-0.39, 0.29) is 5.75 Å². The van der Waals surface area contributed by atoms with E-state index in [4.69, 9.17) is 5.11 Å². The van der Waals surface area contributed by atoms with Gasteiger partial charge in [-0.25, -0.2) is 0 Å². The van der Waals surface area contributed by atoms with Crippen LogP contribution in [0.4, 0.5) is 0 Å². The van der Waals surface area contributed by atoms with E-state index in [0.717, 1.165) is 10.8 Å². The molecule has 0 bridgehead atoms. The highest BCUT2D eigenvalue weighted by Crippen LogP contribution is 2.25. The predicted octanol–water partition coefficient (Wildman–Crippen LogP) is 2.35. The van der Waals surface area contributed by atoms with Gasteiger partial charge in [0.2, 0.25) is 0 Å². The Labute approximate surface area is 100 Å². The molecule has 0 radical (unpaired) electrons. The highest BCUT2D eigenvalue weighted by Gasteiger charge is 2.03. The number of aromatic hydroxyl groups is 1. The van der Waals surface area contributed by atoms with Crippen LogP contribution in [0.3, 0.4) is 0 Å². The largest absolute Gasteiger partial charge is 0.507 e. The van der Waals surface area contributed by atoms with Crippen molar-refractivity contribution in [1.82, 2.24) is 0 Å². The summed E-state index contributed by atoms with van der Waals surface area (Å²) in [6, 6.07) is 11.3. The Morgan fingerprint density at radius 2 is 2.00 bits per heavy atom. The molecule has 0 saturated heterocycles. The van der Waals surface area contributed by atoms with Crippen LogP contribution in [0, 0.1) is 0 Å². The fourth-order valence-corrected chi connectivity index (χ4v) is 1.72. The van der Waals surface area contributed by atoms with Crippen molar-refractivity contribution in [2.45, 2.75) is 13.0 Å². The van der Waals surface area contributed by atoms with E-state index in [0.29, 0.717) is 12.1 Å². The molecular weight excluding hydrogens is 214 g/mol. The number of hydrogen-bond acceptors (Lipinski definition) is 3. The zero-order valence-corrected chi connectivity index (χ0v) is 9.67. The van der Waals surface area contributed by atoms with Crippen LogP contribution >= 0.6 is 0 Å². The Hall–Kier alpha value is -1.87. The van der Waals surface area contributed by atoms with Crippen LogP contribution in [0.1, 0.15) is 12.5 Å². The quantitative estimate of drug-likeness (QED) is 0.794. The molecule has 3 nitrogen and oxygen atoms in total. The first-order chi connectivity index (χ1) is 8.18. The van der Waals surface area contributed by atoms with Gasteiger partial charge in [-0.3, -0.25) is 4.99 Å². The van der Waals surface area contributed by atoms with Gasteiger partial charge in [-0.05, 0) is 23.8 Å². The Kier molecular flexibility index (Phi) is 3.40. The Morgan fingerprint density at radius 3 is 2.76 bits per heavy atom. The summed E-state index contributed by atoms with van der Waals surface area (Å²) in [5.41, 5.74) is 0.698. The average molecular weight is 229 g/mol. The van der Waals surface area contributed by atoms with Crippen LogP contribution in [0.15, 0.2) is 41.4 Å². The third kappa shape index (κ3) is 2.63. The molecule has 0 fully saturated rings. The Morgan fingerprint density at radius 1 is 1.24 bits per heavy atom. The van der Waals surface area contributed by atoms with Crippen molar-refractivity contribution in [3.05, 3.63) is 42.0 Å². The molecule has 2 aromatic carbocycles. The van der Waals surface area contributed by atoms with Gasteiger partial charge in [0.15, 0.2) is 0 Å². The van der Waals surface area contributed by atoms with Crippen LogP contribution in [-0.2, 0) is 0 Å². The number of phenolic OH excluding ortho intramolecular Hbond substituents is 1. The number of phenols is 1. The first kappa shape index (κ1) is 11.6. The molecule has 0 amide bonds. The van der Waals surface area contributed by atoms with Gasteiger partial charge in [-0.2, -0.15) is 0 Å². The van der Waals surface area contributed by atoms with E-state index in [1.165, 1.54) is 0 Å². The molecule has 0 spiro atoms. The number of nitrogens with zero attached hydrogens (tertiary/aromatic N) is 1. The lowest BCUT2D eigenvalue weighted by Crippen LogP contribution is -2.04. The van der Waals surface area contributed by atoms with E-state index in [2.05, 4.69) is 4.99 Å². The van der Waals surface area contributed by atoms with Crippen LogP contribution in [-0.4, -0.2) is 29.1 Å². The van der Waals surface area contributed by atoms with Gasteiger partial charge in [0.05, 0.1) is 12.6 Å². The van der Waals surface area contributed by atoms with Gasteiger partial charge in [0.25, 0.3) is 0 Å². The van der Waals surface area contributed by atoms with Gasteiger partial charge in [-0.1, -0.05) is 30.3 Å². The summed E-state index contributed by atoms with van der Waals surface area (Å²) in [6.45, 7) is 2.02. The molecular formula is C14H15NO2. The van der Waals surface area contributed by atoms with Crippen LogP contribution in [0.25, 0.3) is 10.8 Å². The van der Waals surface area contributed by atoms with Crippen molar-refractivity contribution >= 4 is 17.0 Å². The number of aliphatic hydroxyl groups excluding tert-OH is 1. The molecule has 0 aliphatic rings. The van der Waals surface area contributed by atoms with E-state index in [1.54, 1.807) is 19.2 Å². The van der Waals surface area contributed by atoms with Crippen molar-refractivity contribution in [2.24, 2.45) is 4.99 Å². The maximum atomic E-state index is 9.82. The van der Waals surface area contributed by atoms with E-state index in [9.17, 15) is 5.11 Å². The second-order valence-electron chi connectivity index (χ2n) is 4.06. The molecule has 0 aromatic heterocycles.